The van der Waals surface area contributed by atoms with Gasteiger partial charge >= 0.3 is 7.12 Å². The van der Waals surface area contributed by atoms with E-state index in [1.54, 1.807) is 0 Å². The highest BCUT2D eigenvalue weighted by Gasteiger charge is 2.52. The Balaban J connectivity index is 2.12. The van der Waals surface area contributed by atoms with E-state index in [1.165, 1.54) is 5.47 Å². The van der Waals surface area contributed by atoms with Crippen molar-refractivity contribution < 1.29 is 9.31 Å². The monoisotopic (exact) mass is 206 g/mol. The third kappa shape index (κ3) is 1.91. The van der Waals surface area contributed by atoms with Gasteiger partial charge in [-0.25, -0.2) is 0 Å². The Morgan fingerprint density at radius 2 is 1.67 bits per heavy atom. The average Bonchev–Trinajstić information content (AvgIpc) is 2.38. The van der Waals surface area contributed by atoms with Gasteiger partial charge in [0, 0.05) is 0 Å². The van der Waals surface area contributed by atoms with Crippen LogP contribution >= 0.6 is 0 Å². The van der Waals surface area contributed by atoms with Crippen LogP contribution in [-0.4, -0.2) is 18.3 Å². The van der Waals surface area contributed by atoms with E-state index in [1.807, 2.05) is 0 Å². The van der Waals surface area contributed by atoms with Crippen LogP contribution in [0.2, 0.25) is 0 Å². The molecule has 1 heterocycles. The molecule has 0 amide bonds. The lowest BCUT2D eigenvalue weighted by atomic mass is 9.74. The quantitative estimate of drug-likeness (QED) is 0.485. The molecule has 3 heteroatoms. The molecule has 1 aliphatic carbocycles. The zero-order valence-electron chi connectivity index (χ0n) is 10.0. The summed E-state index contributed by atoms with van der Waals surface area (Å²) in [6.07, 6.45) is 8.52. The van der Waals surface area contributed by atoms with Gasteiger partial charge in [-0.3, -0.25) is 0 Å². The van der Waals surface area contributed by atoms with Crippen molar-refractivity contribution in [2.24, 2.45) is 0 Å². The van der Waals surface area contributed by atoms with Crippen molar-refractivity contribution in [3.8, 4) is 0 Å². The summed E-state index contributed by atoms with van der Waals surface area (Å²) in [6.45, 7) is 8.36. The summed E-state index contributed by atoms with van der Waals surface area (Å²) in [6, 6.07) is 0. The maximum Gasteiger partial charge on any atom is 0.490 e. The Morgan fingerprint density at radius 1 is 1.07 bits per heavy atom. The SMILES string of the molecule is CC1(C)OB(C2=CCC=CC2)OC1(C)C. The van der Waals surface area contributed by atoms with Gasteiger partial charge < -0.3 is 9.31 Å². The molecule has 0 N–H and O–H groups in total. The summed E-state index contributed by atoms with van der Waals surface area (Å²) in [7, 11) is -0.153. The van der Waals surface area contributed by atoms with Crippen molar-refractivity contribution in [2.45, 2.75) is 51.7 Å². The molecular formula is C12H19BO2. The molecule has 15 heavy (non-hydrogen) atoms. The average molecular weight is 206 g/mol. The standard InChI is InChI=1S/C12H19BO2/c1-11(2)12(3,4)15-13(14-11)10-8-6-5-7-9-10/h5-6,9H,7-8H2,1-4H3. The van der Waals surface area contributed by atoms with Gasteiger partial charge in [-0.2, -0.15) is 0 Å². The third-order valence-electron chi connectivity index (χ3n) is 3.59. The van der Waals surface area contributed by atoms with Gasteiger partial charge in [-0.15, -0.1) is 0 Å². The highest BCUT2D eigenvalue weighted by atomic mass is 16.7. The van der Waals surface area contributed by atoms with E-state index >= 15 is 0 Å². The van der Waals surface area contributed by atoms with Crippen LogP contribution in [0.25, 0.3) is 0 Å². The van der Waals surface area contributed by atoms with Crippen molar-refractivity contribution in [3.05, 3.63) is 23.7 Å². The molecule has 0 saturated carbocycles. The molecule has 0 aromatic rings. The number of hydrogen-bond donors (Lipinski definition) is 0. The lowest BCUT2D eigenvalue weighted by Crippen LogP contribution is -2.41. The summed E-state index contributed by atoms with van der Waals surface area (Å²) in [5.74, 6) is 0. The van der Waals surface area contributed by atoms with Crippen LogP contribution in [0.3, 0.4) is 0 Å². The zero-order valence-corrected chi connectivity index (χ0v) is 10.0. The maximum absolute atomic E-state index is 5.98. The Kier molecular flexibility index (Phi) is 2.56. The van der Waals surface area contributed by atoms with Crippen LogP contribution in [0, 0.1) is 0 Å². The van der Waals surface area contributed by atoms with Crippen LogP contribution in [0.1, 0.15) is 40.5 Å². The van der Waals surface area contributed by atoms with E-state index in [0.717, 1.165) is 12.8 Å². The molecule has 1 aliphatic heterocycles. The normalized spacial score (nSPS) is 28.0. The predicted octanol–water partition coefficient (Wildman–Crippen LogP) is 2.89. The largest absolute Gasteiger partial charge is 0.490 e. The minimum absolute atomic E-state index is 0.153. The van der Waals surface area contributed by atoms with Gasteiger partial charge in [-0.05, 0) is 46.0 Å². The van der Waals surface area contributed by atoms with Crippen LogP contribution in [0.5, 0.6) is 0 Å². The van der Waals surface area contributed by atoms with Crippen molar-refractivity contribution >= 4 is 7.12 Å². The Labute approximate surface area is 92.5 Å². The van der Waals surface area contributed by atoms with Gasteiger partial charge in [0.05, 0.1) is 11.2 Å². The minimum atomic E-state index is -0.223. The van der Waals surface area contributed by atoms with Gasteiger partial charge in [-0.1, -0.05) is 18.2 Å². The first kappa shape index (κ1) is 11.0. The number of rotatable bonds is 1. The van der Waals surface area contributed by atoms with E-state index in [0.29, 0.717) is 0 Å². The van der Waals surface area contributed by atoms with Crippen LogP contribution in [0.4, 0.5) is 0 Å². The molecule has 1 fully saturated rings. The molecule has 2 rings (SSSR count). The van der Waals surface area contributed by atoms with Gasteiger partial charge in [0.1, 0.15) is 0 Å². The van der Waals surface area contributed by atoms with Crippen LogP contribution < -0.4 is 0 Å². The fourth-order valence-electron chi connectivity index (χ4n) is 1.81. The van der Waals surface area contributed by atoms with Gasteiger partial charge in [0.25, 0.3) is 0 Å². The summed E-state index contributed by atoms with van der Waals surface area (Å²) >= 11 is 0. The lowest BCUT2D eigenvalue weighted by molar-refractivity contribution is 0.00578. The Morgan fingerprint density at radius 3 is 2.13 bits per heavy atom. The van der Waals surface area contributed by atoms with Crippen molar-refractivity contribution in [2.75, 3.05) is 0 Å². The molecule has 0 atom stereocenters. The van der Waals surface area contributed by atoms with Crippen LogP contribution in [0.15, 0.2) is 23.7 Å². The molecule has 2 nitrogen and oxygen atoms in total. The van der Waals surface area contributed by atoms with Gasteiger partial charge in [0.15, 0.2) is 0 Å². The number of hydrogen-bond acceptors (Lipinski definition) is 2. The maximum atomic E-state index is 5.98. The summed E-state index contributed by atoms with van der Waals surface area (Å²) in [5, 5.41) is 0. The molecule has 0 unspecified atom stereocenters. The van der Waals surface area contributed by atoms with Crippen molar-refractivity contribution in [3.63, 3.8) is 0 Å². The summed E-state index contributed by atoms with van der Waals surface area (Å²) in [4.78, 5) is 0. The predicted molar refractivity (Wildman–Crippen MR) is 62.5 cm³/mol. The Hall–Kier alpha value is -0.535. The second-order valence-electron chi connectivity index (χ2n) is 5.28. The lowest BCUT2D eigenvalue weighted by Gasteiger charge is -2.32. The molecule has 0 spiro atoms. The zero-order chi connectivity index (χ0) is 11.1. The van der Waals surface area contributed by atoms with E-state index in [9.17, 15) is 0 Å². The molecule has 1 saturated heterocycles. The smallest absolute Gasteiger partial charge is 0.400 e. The van der Waals surface area contributed by atoms with E-state index in [-0.39, 0.29) is 18.3 Å². The highest BCUT2D eigenvalue weighted by molar-refractivity contribution is 6.54. The second-order valence-corrected chi connectivity index (χ2v) is 5.28. The van der Waals surface area contributed by atoms with E-state index in [2.05, 4.69) is 45.9 Å². The van der Waals surface area contributed by atoms with Gasteiger partial charge in [0.2, 0.25) is 0 Å². The second kappa shape index (κ2) is 3.50. The van der Waals surface area contributed by atoms with Crippen LogP contribution in [-0.2, 0) is 9.31 Å². The topological polar surface area (TPSA) is 18.5 Å². The number of allylic oxidation sites excluding steroid dienone is 4. The molecule has 82 valence electrons. The molecular weight excluding hydrogens is 187 g/mol. The first-order chi connectivity index (χ1) is 6.92. The minimum Gasteiger partial charge on any atom is -0.400 e. The molecule has 0 radical (unpaired) electrons. The van der Waals surface area contributed by atoms with E-state index < -0.39 is 0 Å². The Bertz CT molecular complexity index is 300. The van der Waals surface area contributed by atoms with Crippen molar-refractivity contribution in [1.29, 1.82) is 0 Å². The first-order valence-corrected chi connectivity index (χ1v) is 5.62. The first-order valence-electron chi connectivity index (χ1n) is 5.62. The summed E-state index contributed by atoms with van der Waals surface area (Å²) in [5.41, 5.74) is 0.815. The fourth-order valence-corrected chi connectivity index (χ4v) is 1.81. The molecule has 0 aromatic heterocycles. The summed E-state index contributed by atoms with van der Waals surface area (Å²) < 4.78 is 12.0. The third-order valence-corrected chi connectivity index (χ3v) is 3.59. The highest BCUT2D eigenvalue weighted by Crippen LogP contribution is 2.39. The molecule has 0 aromatic carbocycles. The molecule has 2 aliphatic rings. The molecule has 0 bridgehead atoms. The van der Waals surface area contributed by atoms with Crippen molar-refractivity contribution in [1.82, 2.24) is 0 Å². The fraction of sp³-hybridized carbons (Fsp3) is 0.667. The van der Waals surface area contributed by atoms with E-state index in [4.69, 9.17) is 9.31 Å².